The summed E-state index contributed by atoms with van der Waals surface area (Å²) in [6.07, 6.45) is 8.37. The maximum Gasteiger partial charge on any atom is 0.242 e. The van der Waals surface area contributed by atoms with Crippen molar-refractivity contribution in [2.45, 2.75) is 57.9 Å². The maximum atomic E-state index is 11.9. The van der Waals surface area contributed by atoms with Gasteiger partial charge in [0.25, 0.3) is 0 Å². The predicted molar refractivity (Wildman–Crippen MR) is 96.9 cm³/mol. The SMILES string of the molecule is CC1CCCN(C(N)=NCC(=O)NC2CCCCC2)C1.I. The van der Waals surface area contributed by atoms with E-state index in [1.807, 2.05) is 0 Å². The van der Waals surface area contributed by atoms with Crippen LogP contribution in [0, 0.1) is 5.92 Å². The standard InChI is InChI=1S/C15H28N4O.HI/c1-12-6-5-9-19(11-12)15(16)17-10-14(20)18-13-7-3-2-4-8-13;/h12-13H,2-11H2,1H3,(H2,16,17)(H,18,20);1H. The molecule has 5 nitrogen and oxygen atoms in total. The fourth-order valence-electron chi connectivity index (χ4n) is 3.17. The largest absolute Gasteiger partial charge is 0.370 e. The number of nitrogens with one attached hydrogen (secondary N) is 1. The van der Waals surface area contributed by atoms with Gasteiger partial charge in [0.2, 0.25) is 5.91 Å². The van der Waals surface area contributed by atoms with Crippen molar-refractivity contribution in [3.63, 3.8) is 0 Å². The van der Waals surface area contributed by atoms with Gasteiger partial charge in [0.1, 0.15) is 6.54 Å². The Labute approximate surface area is 145 Å². The normalized spacial score (nSPS) is 24.3. The van der Waals surface area contributed by atoms with E-state index in [0.29, 0.717) is 17.9 Å². The molecule has 1 unspecified atom stereocenters. The van der Waals surface area contributed by atoms with Gasteiger partial charge in [-0.25, -0.2) is 4.99 Å². The van der Waals surface area contributed by atoms with E-state index in [1.54, 1.807) is 0 Å². The summed E-state index contributed by atoms with van der Waals surface area (Å²) in [6.45, 7) is 4.31. The summed E-state index contributed by atoms with van der Waals surface area (Å²) in [5.74, 6) is 1.19. The van der Waals surface area contributed by atoms with Crippen molar-refractivity contribution in [2.24, 2.45) is 16.6 Å². The Morgan fingerprint density at radius 3 is 2.62 bits per heavy atom. The monoisotopic (exact) mass is 408 g/mol. The molecule has 2 rings (SSSR count). The third-order valence-corrected chi connectivity index (χ3v) is 4.34. The minimum Gasteiger partial charge on any atom is -0.370 e. The highest BCUT2D eigenvalue weighted by atomic mass is 127. The number of hydrogen-bond acceptors (Lipinski definition) is 2. The smallest absolute Gasteiger partial charge is 0.242 e. The van der Waals surface area contributed by atoms with Gasteiger partial charge in [0.15, 0.2) is 5.96 Å². The van der Waals surface area contributed by atoms with Gasteiger partial charge in [0, 0.05) is 19.1 Å². The minimum absolute atomic E-state index is 0. The number of amides is 1. The first-order valence-electron chi connectivity index (χ1n) is 7.99. The van der Waals surface area contributed by atoms with Crippen molar-refractivity contribution >= 4 is 35.8 Å². The van der Waals surface area contributed by atoms with Crippen molar-refractivity contribution < 1.29 is 4.79 Å². The summed E-state index contributed by atoms with van der Waals surface area (Å²) >= 11 is 0. The molecule has 2 aliphatic rings. The molecule has 122 valence electrons. The van der Waals surface area contributed by atoms with Crippen molar-refractivity contribution in [1.82, 2.24) is 10.2 Å². The lowest BCUT2D eigenvalue weighted by Crippen LogP contribution is -2.44. The molecule has 1 saturated carbocycles. The molecule has 3 N–H and O–H groups in total. The third kappa shape index (κ3) is 6.40. The third-order valence-electron chi connectivity index (χ3n) is 4.34. The number of likely N-dealkylation sites (tertiary alicyclic amines) is 1. The summed E-state index contributed by atoms with van der Waals surface area (Å²) in [5, 5.41) is 3.07. The molecule has 0 aromatic carbocycles. The van der Waals surface area contributed by atoms with Crippen LogP contribution in [0.3, 0.4) is 0 Å². The van der Waals surface area contributed by atoms with E-state index in [0.717, 1.165) is 32.4 Å². The highest BCUT2D eigenvalue weighted by Crippen LogP contribution is 2.17. The van der Waals surface area contributed by atoms with Gasteiger partial charge >= 0.3 is 0 Å². The van der Waals surface area contributed by atoms with Crippen molar-refractivity contribution in [2.75, 3.05) is 19.6 Å². The van der Waals surface area contributed by atoms with Crippen LogP contribution in [0.15, 0.2) is 4.99 Å². The van der Waals surface area contributed by atoms with E-state index in [4.69, 9.17) is 5.73 Å². The number of guanidine groups is 1. The van der Waals surface area contributed by atoms with Gasteiger partial charge in [-0.2, -0.15) is 0 Å². The van der Waals surface area contributed by atoms with Gasteiger partial charge in [-0.1, -0.05) is 26.2 Å². The first kappa shape index (κ1) is 18.5. The highest BCUT2D eigenvalue weighted by Gasteiger charge is 2.18. The fraction of sp³-hybridized carbons (Fsp3) is 0.867. The zero-order valence-electron chi connectivity index (χ0n) is 13.0. The van der Waals surface area contributed by atoms with Gasteiger partial charge in [-0.05, 0) is 31.6 Å². The Morgan fingerprint density at radius 2 is 1.95 bits per heavy atom. The summed E-state index contributed by atoms with van der Waals surface area (Å²) in [7, 11) is 0. The van der Waals surface area contributed by atoms with Crippen molar-refractivity contribution in [1.29, 1.82) is 0 Å². The Balaban J connectivity index is 0.00000220. The van der Waals surface area contributed by atoms with Crippen LogP contribution in [0.4, 0.5) is 0 Å². The molecule has 1 aliphatic heterocycles. The number of nitrogens with two attached hydrogens (primary N) is 1. The number of nitrogens with zero attached hydrogens (tertiary/aromatic N) is 2. The summed E-state index contributed by atoms with van der Waals surface area (Å²) < 4.78 is 0. The molecule has 1 aliphatic carbocycles. The van der Waals surface area contributed by atoms with Gasteiger partial charge in [-0.3, -0.25) is 4.79 Å². The van der Waals surface area contributed by atoms with Gasteiger partial charge in [0.05, 0.1) is 0 Å². The average Bonchev–Trinajstić information content (AvgIpc) is 2.46. The van der Waals surface area contributed by atoms with E-state index in [9.17, 15) is 4.79 Å². The quantitative estimate of drug-likeness (QED) is 0.427. The average molecular weight is 408 g/mol. The zero-order chi connectivity index (χ0) is 14.4. The molecule has 0 radical (unpaired) electrons. The second-order valence-electron chi connectivity index (χ2n) is 6.27. The predicted octanol–water partition coefficient (Wildman–Crippen LogP) is 2.10. The molecule has 1 saturated heterocycles. The molecule has 0 aromatic heterocycles. The molecule has 1 heterocycles. The summed E-state index contributed by atoms with van der Waals surface area (Å²) in [4.78, 5) is 18.2. The fourth-order valence-corrected chi connectivity index (χ4v) is 3.17. The number of piperidine rings is 1. The lowest BCUT2D eigenvalue weighted by atomic mass is 9.95. The van der Waals surface area contributed by atoms with Crippen LogP contribution < -0.4 is 11.1 Å². The maximum absolute atomic E-state index is 11.9. The molecular formula is C15H29IN4O. The second kappa shape index (κ2) is 9.48. The van der Waals surface area contributed by atoms with Crippen LogP contribution in [0.25, 0.3) is 0 Å². The van der Waals surface area contributed by atoms with Crippen LogP contribution in [0.1, 0.15) is 51.9 Å². The number of carbonyl (C=O) groups is 1. The molecule has 0 bridgehead atoms. The Hall–Kier alpha value is -0.530. The lowest BCUT2D eigenvalue weighted by molar-refractivity contribution is -0.120. The van der Waals surface area contributed by atoms with E-state index in [1.165, 1.54) is 25.7 Å². The molecule has 6 heteroatoms. The van der Waals surface area contributed by atoms with Crippen molar-refractivity contribution in [3.05, 3.63) is 0 Å². The van der Waals surface area contributed by atoms with Crippen LogP contribution >= 0.6 is 24.0 Å². The van der Waals surface area contributed by atoms with E-state index in [-0.39, 0.29) is 36.4 Å². The topological polar surface area (TPSA) is 70.7 Å². The molecule has 1 amide bonds. The van der Waals surface area contributed by atoms with Crippen LogP contribution in [-0.4, -0.2) is 42.4 Å². The first-order valence-corrected chi connectivity index (χ1v) is 7.99. The van der Waals surface area contributed by atoms with E-state index < -0.39 is 0 Å². The van der Waals surface area contributed by atoms with Crippen molar-refractivity contribution in [3.8, 4) is 0 Å². The molecule has 1 atom stereocenters. The number of halogens is 1. The number of rotatable bonds is 3. The molecule has 2 fully saturated rings. The Morgan fingerprint density at radius 1 is 1.24 bits per heavy atom. The highest BCUT2D eigenvalue weighted by molar-refractivity contribution is 14.0. The molecular weight excluding hydrogens is 379 g/mol. The molecule has 0 aromatic rings. The number of carbonyl (C=O) groups excluding carboxylic acids is 1. The first-order chi connectivity index (χ1) is 9.65. The zero-order valence-corrected chi connectivity index (χ0v) is 15.3. The molecule has 21 heavy (non-hydrogen) atoms. The number of aliphatic imine (C=N–C) groups is 1. The summed E-state index contributed by atoms with van der Waals surface area (Å²) in [5.41, 5.74) is 5.99. The van der Waals surface area contributed by atoms with Crippen LogP contribution in [0.5, 0.6) is 0 Å². The van der Waals surface area contributed by atoms with Crippen LogP contribution in [-0.2, 0) is 4.79 Å². The minimum atomic E-state index is 0. The Bertz CT molecular complexity index is 356. The number of hydrogen-bond donors (Lipinski definition) is 2. The van der Waals surface area contributed by atoms with Gasteiger partial charge in [-0.15, -0.1) is 24.0 Å². The van der Waals surface area contributed by atoms with Gasteiger partial charge < -0.3 is 16.0 Å². The molecule has 0 spiro atoms. The Kier molecular flexibility index (Phi) is 8.36. The van der Waals surface area contributed by atoms with E-state index >= 15 is 0 Å². The van der Waals surface area contributed by atoms with E-state index in [2.05, 4.69) is 22.1 Å². The lowest BCUT2D eigenvalue weighted by Gasteiger charge is -2.31. The second-order valence-corrected chi connectivity index (χ2v) is 6.27. The summed E-state index contributed by atoms with van der Waals surface area (Å²) in [6, 6.07) is 0.350. The van der Waals surface area contributed by atoms with Crippen LogP contribution in [0.2, 0.25) is 0 Å².